The molecule has 0 amide bonds. The minimum absolute atomic E-state index is 0.183. The number of hydrogen-bond acceptors (Lipinski definition) is 1. The third-order valence-corrected chi connectivity index (χ3v) is 3.26. The van der Waals surface area contributed by atoms with Crippen molar-refractivity contribution in [1.29, 1.82) is 0 Å². The van der Waals surface area contributed by atoms with Crippen LogP contribution < -0.4 is 10.2 Å². The van der Waals surface area contributed by atoms with Crippen LogP contribution in [0, 0.1) is 6.92 Å². The largest absolute Gasteiger partial charge is 0.339 e. The fourth-order valence-electron chi connectivity index (χ4n) is 1.09. The van der Waals surface area contributed by atoms with Crippen molar-refractivity contribution in [2.45, 2.75) is 13.8 Å². The maximum atomic E-state index is 3.43. The van der Waals surface area contributed by atoms with Crippen molar-refractivity contribution in [1.82, 2.24) is 4.98 Å². The van der Waals surface area contributed by atoms with E-state index in [1.807, 2.05) is 0 Å². The molecule has 0 saturated carbocycles. The van der Waals surface area contributed by atoms with Crippen LogP contribution in [0.5, 0.6) is 0 Å². The maximum Gasteiger partial charge on any atom is 0.124 e. The van der Waals surface area contributed by atoms with E-state index in [9.17, 15) is 0 Å². The molecular formula is C9H15NSi. The van der Waals surface area contributed by atoms with Crippen molar-refractivity contribution in [3.63, 3.8) is 0 Å². The van der Waals surface area contributed by atoms with Crippen molar-refractivity contribution >= 4 is 14.9 Å². The summed E-state index contributed by atoms with van der Waals surface area (Å²) in [6, 6.07) is 8.76. The topological polar surface area (TPSA) is 12.0 Å². The Labute approximate surface area is 70.7 Å². The van der Waals surface area contributed by atoms with Crippen LogP contribution in [-0.4, -0.2) is 16.2 Å². The fraction of sp³-hybridized carbons (Fsp3) is 0.333. The van der Waals surface area contributed by atoms with Gasteiger partial charge in [0, 0.05) is 0 Å². The highest BCUT2D eigenvalue weighted by Gasteiger charge is 1.90. The molecule has 0 atom stereocenters. The molecule has 0 aliphatic carbocycles. The Morgan fingerprint density at radius 3 is 2.91 bits per heavy atom. The number of hydrogen-bond donors (Lipinski definition) is 1. The van der Waals surface area contributed by atoms with Crippen molar-refractivity contribution in [2.24, 2.45) is 0 Å². The standard InChI is InChI=1S/C9H15NSi/c1-3-10-11-9-6-4-5-8(2)7-9/h4-7,10H,3,11H2,1-2H3. The van der Waals surface area contributed by atoms with Gasteiger partial charge in [-0.25, -0.2) is 0 Å². The zero-order valence-electron chi connectivity index (χ0n) is 7.22. The van der Waals surface area contributed by atoms with Gasteiger partial charge in [0.1, 0.15) is 9.68 Å². The molecule has 1 aromatic carbocycles. The van der Waals surface area contributed by atoms with E-state index >= 15 is 0 Å². The Balaban J connectivity index is 2.56. The van der Waals surface area contributed by atoms with Crippen LogP contribution >= 0.6 is 0 Å². The SMILES string of the molecule is CCN[SiH2]c1cccc(C)c1. The molecule has 1 aromatic rings. The van der Waals surface area contributed by atoms with Gasteiger partial charge in [-0.1, -0.05) is 36.8 Å². The number of nitrogens with one attached hydrogen (secondary N) is 1. The van der Waals surface area contributed by atoms with Crippen LogP contribution in [0.2, 0.25) is 0 Å². The Morgan fingerprint density at radius 1 is 1.45 bits per heavy atom. The molecule has 1 N–H and O–H groups in total. The van der Waals surface area contributed by atoms with E-state index in [2.05, 4.69) is 43.1 Å². The first kappa shape index (κ1) is 8.49. The molecular weight excluding hydrogens is 150 g/mol. The lowest BCUT2D eigenvalue weighted by molar-refractivity contribution is 1.01. The molecule has 0 fully saturated rings. The summed E-state index contributed by atoms with van der Waals surface area (Å²) >= 11 is 0. The van der Waals surface area contributed by atoms with Gasteiger partial charge in [0.15, 0.2) is 0 Å². The van der Waals surface area contributed by atoms with Gasteiger partial charge in [0.25, 0.3) is 0 Å². The van der Waals surface area contributed by atoms with E-state index in [1.165, 1.54) is 10.8 Å². The van der Waals surface area contributed by atoms with Crippen molar-refractivity contribution in [3.8, 4) is 0 Å². The Hall–Kier alpha value is -0.603. The second kappa shape index (κ2) is 4.31. The number of aryl methyl sites for hydroxylation is 1. The first-order valence-corrected chi connectivity index (χ1v) is 5.50. The van der Waals surface area contributed by atoms with Gasteiger partial charge in [-0.05, 0) is 18.7 Å². The fourth-order valence-corrected chi connectivity index (χ4v) is 2.31. The monoisotopic (exact) mass is 165 g/mol. The van der Waals surface area contributed by atoms with Crippen LogP contribution in [0.3, 0.4) is 0 Å². The zero-order chi connectivity index (χ0) is 8.10. The number of benzene rings is 1. The highest BCUT2D eigenvalue weighted by molar-refractivity contribution is 6.50. The molecule has 1 nitrogen and oxygen atoms in total. The molecule has 0 spiro atoms. The van der Waals surface area contributed by atoms with E-state index in [4.69, 9.17) is 0 Å². The first-order valence-electron chi connectivity index (χ1n) is 4.09. The summed E-state index contributed by atoms with van der Waals surface area (Å²) < 4.78 is 0. The normalized spacial score (nSPS) is 11.1. The van der Waals surface area contributed by atoms with Gasteiger partial charge in [0.05, 0.1) is 0 Å². The molecule has 0 heterocycles. The Bertz CT molecular complexity index is 223. The van der Waals surface area contributed by atoms with Gasteiger partial charge in [-0.3, -0.25) is 0 Å². The predicted octanol–water partition coefficient (Wildman–Crippen LogP) is 0.314. The lowest BCUT2D eigenvalue weighted by Gasteiger charge is -2.00. The second-order valence-corrected chi connectivity index (χ2v) is 4.44. The van der Waals surface area contributed by atoms with Crippen LogP contribution in [0.25, 0.3) is 0 Å². The summed E-state index contributed by atoms with van der Waals surface area (Å²) in [6.45, 7) is 5.40. The summed E-state index contributed by atoms with van der Waals surface area (Å²) in [5.41, 5.74) is 1.37. The smallest absolute Gasteiger partial charge is 0.124 e. The summed E-state index contributed by atoms with van der Waals surface area (Å²) in [6.07, 6.45) is 0. The molecule has 0 unspecified atom stereocenters. The Morgan fingerprint density at radius 2 is 2.27 bits per heavy atom. The molecule has 0 radical (unpaired) electrons. The predicted molar refractivity (Wildman–Crippen MR) is 53.0 cm³/mol. The van der Waals surface area contributed by atoms with E-state index in [-0.39, 0.29) is 9.68 Å². The molecule has 2 heteroatoms. The second-order valence-electron chi connectivity index (χ2n) is 2.77. The maximum absolute atomic E-state index is 3.43. The highest BCUT2D eigenvalue weighted by Crippen LogP contribution is 1.90. The summed E-state index contributed by atoms with van der Waals surface area (Å²) in [5, 5.41) is 1.51. The molecule has 1 rings (SSSR count). The summed E-state index contributed by atoms with van der Waals surface area (Å²) in [4.78, 5) is 3.43. The van der Waals surface area contributed by atoms with Gasteiger partial charge >= 0.3 is 0 Å². The quantitative estimate of drug-likeness (QED) is 0.636. The van der Waals surface area contributed by atoms with Crippen LogP contribution in [0.1, 0.15) is 12.5 Å². The highest BCUT2D eigenvalue weighted by atomic mass is 28.2. The van der Waals surface area contributed by atoms with Crippen molar-refractivity contribution in [2.75, 3.05) is 6.54 Å². The third kappa shape index (κ3) is 2.86. The minimum atomic E-state index is -0.183. The first-order chi connectivity index (χ1) is 5.33. The zero-order valence-corrected chi connectivity index (χ0v) is 8.64. The molecule has 0 saturated heterocycles. The van der Waals surface area contributed by atoms with Gasteiger partial charge in [0.2, 0.25) is 0 Å². The van der Waals surface area contributed by atoms with Crippen molar-refractivity contribution in [3.05, 3.63) is 29.8 Å². The molecule has 0 aliphatic heterocycles. The van der Waals surface area contributed by atoms with Crippen LogP contribution in [0.15, 0.2) is 24.3 Å². The summed E-state index contributed by atoms with van der Waals surface area (Å²) in [7, 11) is -0.183. The van der Waals surface area contributed by atoms with Gasteiger partial charge in [-0.2, -0.15) is 0 Å². The molecule has 0 bridgehead atoms. The van der Waals surface area contributed by atoms with E-state index in [0.29, 0.717) is 0 Å². The lowest BCUT2D eigenvalue weighted by Crippen LogP contribution is -2.30. The van der Waals surface area contributed by atoms with Crippen LogP contribution in [0.4, 0.5) is 0 Å². The Kier molecular flexibility index (Phi) is 3.33. The van der Waals surface area contributed by atoms with E-state index in [0.717, 1.165) is 6.54 Å². The lowest BCUT2D eigenvalue weighted by atomic mass is 10.2. The number of rotatable bonds is 3. The van der Waals surface area contributed by atoms with Gasteiger partial charge < -0.3 is 4.98 Å². The molecule has 0 aromatic heterocycles. The minimum Gasteiger partial charge on any atom is -0.339 e. The average molecular weight is 165 g/mol. The van der Waals surface area contributed by atoms with E-state index in [1.54, 1.807) is 0 Å². The van der Waals surface area contributed by atoms with Gasteiger partial charge in [-0.15, -0.1) is 0 Å². The molecule has 0 aliphatic rings. The third-order valence-electron chi connectivity index (χ3n) is 1.66. The van der Waals surface area contributed by atoms with Crippen molar-refractivity contribution < 1.29 is 0 Å². The van der Waals surface area contributed by atoms with E-state index < -0.39 is 0 Å². The summed E-state index contributed by atoms with van der Waals surface area (Å²) in [5.74, 6) is 0. The molecule has 11 heavy (non-hydrogen) atoms. The molecule has 60 valence electrons. The van der Waals surface area contributed by atoms with Crippen LogP contribution in [-0.2, 0) is 0 Å². The average Bonchev–Trinajstić information content (AvgIpc) is 2.01.